The minimum absolute atomic E-state index is 0.0717. The maximum atomic E-state index is 13.1. The van der Waals surface area contributed by atoms with Gasteiger partial charge in [0.25, 0.3) is 5.91 Å². The zero-order valence-electron chi connectivity index (χ0n) is 13.4. The van der Waals surface area contributed by atoms with Crippen molar-refractivity contribution < 1.29 is 9.53 Å². The molecular weight excluding hydrogens is 292 g/mol. The van der Waals surface area contributed by atoms with Crippen molar-refractivity contribution in [1.82, 2.24) is 19.4 Å². The zero-order valence-corrected chi connectivity index (χ0v) is 13.4. The number of nitrogens with zero attached hydrogens (tertiary/aromatic N) is 4. The predicted octanol–water partition coefficient (Wildman–Crippen LogP) is 1.27. The van der Waals surface area contributed by atoms with E-state index in [1.54, 1.807) is 10.7 Å². The largest absolute Gasteiger partial charge is 0.374 e. The highest BCUT2D eigenvalue weighted by Crippen LogP contribution is 2.25. The third-order valence-electron chi connectivity index (χ3n) is 5.03. The molecule has 1 amide bonds. The van der Waals surface area contributed by atoms with Gasteiger partial charge in [-0.05, 0) is 25.1 Å². The summed E-state index contributed by atoms with van der Waals surface area (Å²) in [6, 6.07) is 5.94. The maximum Gasteiger partial charge on any atom is 0.258 e. The molecule has 0 radical (unpaired) electrons. The molecule has 6 heteroatoms. The molecule has 0 bridgehead atoms. The number of morpholine rings is 1. The number of aromatic nitrogens is 2. The highest BCUT2D eigenvalue weighted by molar-refractivity contribution is 6.00. The second-order valence-electron chi connectivity index (χ2n) is 6.25. The third-order valence-corrected chi connectivity index (χ3v) is 5.03. The Labute approximate surface area is 135 Å². The standard InChI is InChI=1S/C17H22N4O2/c1-2-19-8-6-16-15(12-19)20(9-10-23-16)17(22)13-11-18-21-7-4-3-5-14(13)21/h3-5,7,11,15-16H,2,6,8-10,12H2,1H3/t15-,16+/m0/s1. The first kappa shape index (κ1) is 14.7. The molecule has 2 aromatic rings. The molecule has 2 aliphatic heterocycles. The number of ether oxygens (including phenoxy) is 1. The molecule has 0 saturated carbocycles. The Balaban J connectivity index is 1.64. The van der Waals surface area contributed by atoms with E-state index in [2.05, 4.69) is 16.9 Å². The smallest absolute Gasteiger partial charge is 0.258 e. The number of rotatable bonds is 2. The normalized spacial score (nSPS) is 25.5. The molecule has 0 aliphatic carbocycles. The monoisotopic (exact) mass is 314 g/mol. The van der Waals surface area contributed by atoms with Gasteiger partial charge < -0.3 is 14.5 Å². The molecule has 4 rings (SSSR count). The van der Waals surface area contributed by atoms with Crippen molar-refractivity contribution in [3.63, 3.8) is 0 Å². The molecule has 0 unspecified atom stereocenters. The van der Waals surface area contributed by atoms with Crippen LogP contribution in [-0.4, -0.2) is 70.3 Å². The second-order valence-corrected chi connectivity index (χ2v) is 6.25. The van der Waals surface area contributed by atoms with Gasteiger partial charge in [-0.2, -0.15) is 5.10 Å². The summed E-state index contributed by atoms with van der Waals surface area (Å²) in [5.74, 6) is 0.0717. The highest BCUT2D eigenvalue weighted by Gasteiger charge is 2.39. The molecule has 2 aliphatic rings. The first-order valence-corrected chi connectivity index (χ1v) is 8.35. The summed E-state index contributed by atoms with van der Waals surface area (Å²) in [5, 5.41) is 4.30. The zero-order chi connectivity index (χ0) is 15.8. The van der Waals surface area contributed by atoms with Crippen LogP contribution >= 0.6 is 0 Å². The number of hydrogen-bond donors (Lipinski definition) is 0. The van der Waals surface area contributed by atoms with Crippen LogP contribution in [0, 0.1) is 0 Å². The number of amides is 1. The van der Waals surface area contributed by atoms with Crippen LogP contribution in [0.3, 0.4) is 0 Å². The summed E-state index contributed by atoms with van der Waals surface area (Å²) in [6.07, 6.45) is 4.71. The SMILES string of the molecule is CCN1CC[C@H]2OCCN(C(=O)c3cnn4ccccc34)[C@H]2C1. The van der Waals surface area contributed by atoms with E-state index >= 15 is 0 Å². The van der Waals surface area contributed by atoms with Crippen molar-refractivity contribution in [2.24, 2.45) is 0 Å². The van der Waals surface area contributed by atoms with E-state index < -0.39 is 0 Å². The molecule has 2 aromatic heterocycles. The van der Waals surface area contributed by atoms with Crippen LogP contribution in [0.5, 0.6) is 0 Å². The number of likely N-dealkylation sites (N-methyl/N-ethyl adjacent to an activating group) is 1. The number of pyridine rings is 1. The van der Waals surface area contributed by atoms with Crippen molar-refractivity contribution in [1.29, 1.82) is 0 Å². The summed E-state index contributed by atoms with van der Waals surface area (Å²) in [4.78, 5) is 17.5. The maximum absolute atomic E-state index is 13.1. The fourth-order valence-corrected chi connectivity index (χ4v) is 3.73. The van der Waals surface area contributed by atoms with Crippen molar-refractivity contribution in [2.45, 2.75) is 25.5 Å². The molecule has 23 heavy (non-hydrogen) atoms. The van der Waals surface area contributed by atoms with Gasteiger partial charge in [0.15, 0.2) is 0 Å². The lowest BCUT2D eigenvalue weighted by Crippen LogP contribution is -2.61. The van der Waals surface area contributed by atoms with Gasteiger partial charge in [-0.1, -0.05) is 13.0 Å². The van der Waals surface area contributed by atoms with Crippen LogP contribution < -0.4 is 0 Å². The third kappa shape index (κ3) is 2.52. The Morgan fingerprint density at radius 2 is 2.30 bits per heavy atom. The van der Waals surface area contributed by atoms with Crippen molar-refractivity contribution in [3.8, 4) is 0 Å². The Bertz CT molecular complexity index is 713. The Morgan fingerprint density at radius 3 is 3.17 bits per heavy atom. The highest BCUT2D eigenvalue weighted by atomic mass is 16.5. The summed E-state index contributed by atoms with van der Waals surface area (Å²) in [5.41, 5.74) is 1.54. The van der Waals surface area contributed by atoms with E-state index in [9.17, 15) is 4.79 Å². The number of likely N-dealkylation sites (tertiary alicyclic amines) is 1. The molecule has 0 spiro atoms. The van der Waals surface area contributed by atoms with Gasteiger partial charge in [0.2, 0.25) is 0 Å². The molecule has 0 N–H and O–H groups in total. The molecule has 0 aromatic carbocycles. The molecule has 122 valence electrons. The van der Waals surface area contributed by atoms with E-state index in [0.717, 1.165) is 31.6 Å². The lowest BCUT2D eigenvalue weighted by atomic mass is 9.98. The van der Waals surface area contributed by atoms with E-state index in [1.807, 2.05) is 29.3 Å². The molecule has 2 atom stereocenters. The molecular formula is C17H22N4O2. The number of carbonyl (C=O) groups excluding carboxylic acids is 1. The van der Waals surface area contributed by atoms with E-state index in [-0.39, 0.29) is 18.1 Å². The summed E-state index contributed by atoms with van der Waals surface area (Å²) in [7, 11) is 0. The van der Waals surface area contributed by atoms with Crippen LogP contribution in [0.4, 0.5) is 0 Å². The average molecular weight is 314 g/mol. The lowest BCUT2D eigenvalue weighted by Gasteiger charge is -2.46. The number of carbonyl (C=O) groups is 1. The lowest BCUT2D eigenvalue weighted by molar-refractivity contribution is -0.0895. The van der Waals surface area contributed by atoms with Crippen molar-refractivity contribution in [2.75, 3.05) is 32.8 Å². The Hall–Kier alpha value is -1.92. The minimum Gasteiger partial charge on any atom is -0.374 e. The molecule has 4 heterocycles. The molecule has 6 nitrogen and oxygen atoms in total. The number of fused-ring (bicyclic) bond motifs is 2. The van der Waals surface area contributed by atoms with Crippen LogP contribution in [0.15, 0.2) is 30.6 Å². The number of hydrogen-bond acceptors (Lipinski definition) is 4. The van der Waals surface area contributed by atoms with E-state index in [4.69, 9.17) is 4.74 Å². The van der Waals surface area contributed by atoms with Gasteiger partial charge in [-0.25, -0.2) is 4.52 Å². The van der Waals surface area contributed by atoms with Crippen LogP contribution in [-0.2, 0) is 4.74 Å². The fraction of sp³-hybridized carbons (Fsp3) is 0.529. The quantitative estimate of drug-likeness (QED) is 0.838. The Kier molecular flexibility index (Phi) is 3.79. The van der Waals surface area contributed by atoms with Gasteiger partial charge >= 0.3 is 0 Å². The van der Waals surface area contributed by atoms with Gasteiger partial charge in [0.1, 0.15) is 0 Å². The average Bonchev–Trinajstić information content (AvgIpc) is 3.04. The summed E-state index contributed by atoms with van der Waals surface area (Å²) in [6.45, 7) is 6.41. The van der Waals surface area contributed by atoms with Crippen LogP contribution in [0.25, 0.3) is 5.52 Å². The summed E-state index contributed by atoms with van der Waals surface area (Å²) >= 11 is 0. The fourth-order valence-electron chi connectivity index (χ4n) is 3.73. The second kappa shape index (κ2) is 5.94. The predicted molar refractivity (Wildman–Crippen MR) is 86.5 cm³/mol. The van der Waals surface area contributed by atoms with Crippen LogP contribution in [0.1, 0.15) is 23.7 Å². The van der Waals surface area contributed by atoms with Gasteiger partial charge in [-0.15, -0.1) is 0 Å². The topological polar surface area (TPSA) is 50.1 Å². The van der Waals surface area contributed by atoms with E-state index in [1.165, 1.54) is 0 Å². The van der Waals surface area contributed by atoms with Crippen LogP contribution in [0.2, 0.25) is 0 Å². The Morgan fingerprint density at radius 1 is 1.39 bits per heavy atom. The van der Waals surface area contributed by atoms with Crippen molar-refractivity contribution in [3.05, 3.63) is 36.2 Å². The summed E-state index contributed by atoms with van der Waals surface area (Å²) < 4.78 is 7.67. The minimum atomic E-state index is 0.0717. The first-order chi connectivity index (χ1) is 11.3. The van der Waals surface area contributed by atoms with Gasteiger partial charge in [-0.3, -0.25) is 4.79 Å². The van der Waals surface area contributed by atoms with Gasteiger partial charge in [0.05, 0.1) is 36.0 Å². The number of piperidine rings is 1. The molecule has 2 saturated heterocycles. The first-order valence-electron chi connectivity index (χ1n) is 8.35. The van der Waals surface area contributed by atoms with Gasteiger partial charge in [0, 0.05) is 25.8 Å². The van der Waals surface area contributed by atoms with Crippen molar-refractivity contribution >= 4 is 11.4 Å². The van der Waals surface area contributed by atoms with E-state index in [0.29, 0.717) is 18.7 Å². The molecule has 2 fully saturated rings.